The zero-order valence-corrected chi connectivity index (χ0v) is 12.4. The average molecular weight is 403 g/mol. The van der Waals surface area contributed by atoms with Gasteiger partial charge in [0, 0.05) is 10.0 Å². The Bertz CT molecular complexity index is 555. The topological polar surface area (TPSA) is 26.3 Å². The van der Waals surface area contributed by atoms with Gasteiger partial charge >= 0.3 is 0 Å². The van der Waals surface area contributed by atoms with E-state index in [2.05, 4.69) is 38.5 Å². The summed E-state index contributed by atoms with van der Waals surface area (Å²) in [6.07, 6.45) is 0.806. The van der Waals surface area contributed by atoms with Crippen LogP contribution < -0.4 is 4.74 Å². The summed E-state index contributed by atoms with van der Waals surface area (Å²) in [5, 5.41) is 0. The Morgan fingerprint density at radius 1 is 1.18 bits per heavy atom. The lowest BCUT2D eigenvalue weighted by Gasteiger charge is -2.08. The third-order valence-electron chi connectivity index (χ3n) is 2.16. The van der Waals surface area contributed by atoms with Gasteiger partial charge in [-0.1, -0.05) is 12.1 Å². The van der Waals surface area contributed by atoms with Gasteiger partial charge < -0.3 is 4.74 Å². The molecule has 2 rings (SSSR count). The number of para-hydroxylation sites is 1. The number of halogens is 2. The van der Waals surface area contributed by atoms with Crippen LogP contribution in [0.4, 0.5) is 0 Å². The molecule has 0 aromatic heterocycles. The van der Waals surface area contributed by atoms with Gasteiger partial charge in [-0.25, -0.2) is 0 Å². The number of hydrogen-bond donors (Lipinski definition) is 0. The fourth-order valence-electron chi connectivity index (χ4n) is 1.32. The molecule has 0 heterocycles. The van der Waals surface area contributed by atoms with Crippen molar-refractivity contribution < 1.29 is 9.53 Å². The van der Waals surface area contributed by atoms with E-state index in [1.54, 1.807) is 18.2 Å². The highest BCUT2D eigenvalue weighted by atomic mass is 127. The molecule has 2 nitrogen and oxygen atoms in total. The van der Waals surface area contributed by atoms with E-state index in [0.29, 0.717) is 11.3 Å². The summed E-state index contributed by atoms with van der Waals surface area (Å²) in [7, 11) is 0. The summed E-state index contributed by atoms with van der Waals surface area (Å²) in [5.74, 6) is 1.51. The lowest BCUT2D eigenvalue weighted by atomic mass is 10.2. The molecule has 0 N–H and O–H groups in total. The van der Waals surface area contributed by atoms with Crippen molar-refractivity contribution in [1.82, 2.24) is 0 Å². The first-order chi connectivity index (χ1) is 8.20. The third-order valence-corrected chi connectivity index (χ3v) is 3.74. The second kappa shape index (κ2) is 5.64. The van der Waals surface area contributed by atoms with Gasteiger partial charge in [0.25, 0.3) is 0 Å². The van der Waals surface area contributed by atoms with Crippen LogP contribution in [0.3, 0.4) is 0 Å². The molecule has 0 radical (unpaired) electrons. The van der Waals surface area contributed by atoms with Crippen LogP contribution in [0, 0.1) is 3.57 Å². The molecule has 0 atom stereocenters. The Kier molecular flexibility index (Phi) is 4.17. The minimum atomic E-state index is 0.611. The highest BCUT2D eigenvalue weighted by Crippen LogP contribution is 2.29. The van der Waals surface area contributed by atoms with Crippen molar-refractivity contribution in [3.8, 4) is 11.5 Å². The van der Waals surface area contributed by atoms with E-state index in [4.69, 9.17) is 4.74 Å². The molecule has 2 aromatic carbocycles. The van der Waals surface area contributed by atoms with Gasteiger partial charge in [-0.2, -0.15) is 0 Å². The molecule has 0 unspecified atom stereocenters. The van der Waals surface area contributed by atoms with Crippen molar-refractivity contribution in [1.29, 1.82) is 0 Å². The SMILES string of the molecule is O=Cc1ccc(Oc2ccccc2I)cc1Br. The second-order valence-electron chi connectivity index (χ2n) is 3.33. The van der Waals surface area contributed by atoms with E-state index >= 15 is 0 Å². The van der Waals surface area contributed by atoms with Gasteiger partial charge in [0.05, 0.1) is 3.57 Å². The van der Waals surface area contributed by atoms with E-state index in [1.807, 2.05) is 24.3 Å². The smallest absolute Gasteiger partial charge is 0.151 e. The van der Waals surface area contributed by atoms with Crippen LogP contribution in [0.5, 0.6) is 11.5 Å². The Balaban J connectivity index is 2.28. The number of hydrogen-bond acceptors (Lipinski definition) is 2. The van der Waals surface area contributed by atoms with Gasteiger partial charge in [0.2, 0.25) is 0 Å². The number of benzene rings is 2. The predicted molar refractivity (Wildman–Crippen MR) is 78.8 cm³/mol. The van der Waals surface area contributed by atoms with Crippen molar-refractivity contribution in [2.24, 2.45) is 0 Å². The largest absolute Gasteiger partial charge is 0.456 e. The number of aldehydes is 1. The lowest BCUT2D eigenvalue weighted by molar-refractivity contribution is 0.112. The molecule has 0 aliphatic rings. The second-order valence-corrected chi connectivity index (χ2v) is 5.35. The summed E-state index contributed by atoms with van der Waals surface area (Å²) >= 11 is 5.54. The minimum Gasteiger partial charge on any atom is -0.456 e. The normalized spacial score (nSPS) is 10.0. The summed E-state index contributed by atoms with van der Waals surface area (Å²) in [6, 6.07) is 13.0. The molecular weight excluding hydrogens is 395 g/mol. The highest BCUT2D eigenvalue weighted by molar-refractivity contribution is 14.1. The highest BCUT2D eigenvalue weighted by Gasteiger charge is 2.04. The monoisotopic (exact) mass is 402 g/mol. The predicted octanol–water partition coefficient (Wildman–Crippen LogP) is 4.66. The van der Waals surface area contributed by atoms with Crippen LogP contribution >= 0.6 is 38.5 Å². The molecule has 0 aliphatic heterocycles. The third kappa shape index (κ3) is 3.07. The number of carbonyl (C=O) groups excluding carboxylic acids is 1. The fraction of sp³-hybridized carbons (Fsp3) is 0. The van der Waals surface area contributed by atoms with Crippen LogP contribution in [0.25, 0.3) is 0 Å². The number of ether oxygens (including phenoxy) is 1. The molecule has 0 amide bonds. The first-order valence-corrected chi connectivity index (χ1v) is 6.75. The molecular formula is C13H8BrIO2. The zero-order valence-electron chi connectivity index (χ0n) is 8.69. The van der Waals surface area contributed by atoms with Crippen LogP contribution in [-0.4, -0.2) is 6.29 Å². The van der Waals surface area contributed by atoms with E-state index in [1.165, 1.54) is 0 Å². The van der Waals surface area contributed by atoms with Crippen molar-refractivity contribution in [3.63, 3.8) is 0 Å². The van der Waals surface area contributed by atoms with E-state index in [9.17, 15) is 4.79 Å². The first kappa shape index (κ1) is 12.6. The molecule has 0 fully saturated rings. The molecule has 4 heteroatoms. The summed E-state index contributed by atoms with van der Waals surface area (Å²) in [6.45, 7) is 0. The van der Waals surface area contributed by atoms with Crippen molar-refractivity contribution in [2.45, 2.75) is 0 Å². The van der Waals surface area contributed by atoms with E-state index in [0.717, 1.165) is 20.1 Å². The standard InChI is InChI=1S/C13H8BrIO2/c14-11-7-10(6-5-9(11)8-16)17-13-4-2-1-3-12(13)15/h1-8H. The quantitative estimate of drug-likeness (QED) is 0.551. The lowest BCUT2D eigenvalue weighted by Crippen LogP contribution is -1.89. The fourth-order valence-corrected chi connectivity index (χ4v) is 2.27. The Morgan fingerprint density at radius 3 is 2.59 bits per heavy atom. The average Bonchev–Trinajstić information content (AvgIpc) is 2.32. The molecule has 0 saturated heterocycles. The van der Waals surface area contributed by atoms with Gasteiger partial charge in [0.15, 0.2) is 6.29 Å². The summed E-state index contributed by atoms with van der Waals surface area (Å²) in [5.41, 5.74) is 0.611. The van der Waals surface area contributed by atoms with Gasteiger partial charge in [-0.3, -0.25) is 4.79 Å². The maximum Gasteiger partial charge on any atom is 0.151 e. The molecule has 0 spiro atoms. The molecule has 0 saturated carbocycles. The molecule has 86 valence electrons. The number of carbonyl (C=O) groups is 1. The summed E-state index contributed by atoms with van der Waals surface area (Å²) < 4.78 is 7.51. The minimum absolute atomic E-state index is 0.611. The van der Waals surface area contributed by atoms with E-state index in [-0.39, 0.29) is 0 Å². The van der Waals surface area contributed by atoms with Crippen LogP contribution in [0.1, 0.15) is 10.4 Å². The van der Waals surface area contributed by atoms with Crippen LogP contribution in [-0.2, 0) is 0 Å². The Hall–Kier alpha value is -0.880. The van der Waals surface area contributed by atoms with Crippen LogP contribution in [0.15, 0.2) is 46.9 Å². The molecule has 17 heavy (non-hydrogen) atoms. The number of rotatable bonds is 3. The first-order valence-electron chi connectivity index (χ1n) is 4.88. The maximum atomic E-state index is 10.7. The van der Waals surface area contributed by atoms with Gasteiger partial charge in [-0.05, 0) is 68.9 Å². The molecule has 0 aliphatic carbocycles. The molecule has 0 bridgehead atoms. The molecule has 2 aromatic rings. The van der Waals surface area contributed by atoms with Gasteiger partial charge in [0.1, 0.15) is 11.5 Å². The Morgan fingerprint density at radius 2 is 1.94 bits per heavy atom. The van der Waals surface area contributed by atoms with Crippen molar-refractivity contribution >= 4 is 44.8 Å². The zero-order chi connectivity index (χ0) is 12.3. The van der Waals surface area contributed by atoms with Crippen molar-refractivity contribution in [2.75, 3.05) is 0 Å². The summed E-state index contributed by atoms with van der Waals surface area (Å²) in [4.78, 5) is 10.7. The van der Waals surface area contributed by atoms with E-state index < -0.39 is 0 Å². The van der Waals surface area contributed by atoms with Crippen molar-refractivity contribution in [3.05, 3.63) is 56.1 Å². The van der Waals surface area contributed by atoms with Crippen LogP contribution in [0.2, 0.25) is 0 Å². The van der Waals surface area contributed by atoms with Gasteiger partial charge in [-0.15, -0.1) is 0 Å². The maximum absolute atomic E-state index is 10.7. The Labute approximate surface area is 121 Å².